The van der Waals surface area contributed by atoms with Crippen molar-refractivity contribution in [3.63, 3.8) is 0 Å². The Kier molecular flexibility index (Phi) is 10.2. The number of nitrogens with one attached hydrogen (secondary N) is 1. The van der Waals surface area contributed by atoms with Gasteiger partial charge in [0.05, 0.1) is 24.4 Å². The third kappa shape index (κ3) is 7.89. The molecule has 42 heavy (non-hydrogen) atoms. The van der Waals surface area contributed by atoms with Gasteiger partial charge >= 0.3 is 10.1 Å². The monoisotopic (exact) mass is 652 g/mol. The lowest BCUT2D eigenvalue weighted by Gasteiger charge is -2.13. The number of methoxy groups -OCH3 is 1. The first-order valence-electron chi connectivity index (χ1n) is 12.9. The van der Waals surface area contributed by atoms with Crippen LogP contribution in [0.5, 0.6) is 23.0 Å². The van der Waals surface area contributed by atoms with Crippen LogP contribution < -0.4 is 23.8 Å². The van der Waals surface area contributed by atoms with Crippen LogP contribution in [0.3, 0.4) is 0 Å². The van der Waals surface area contributed by atoms with Crippen molar-refractivity contribution in [2.24, 2.45) is 5.10 Å². The molecule has 0 fully saturated rings. The molecule has 0 unspecified atom stereocenters. The standard InChI is InChI=1S/C31H29BrN2O7S/c1-4-39-28-18-24(12-15-27(28)40-20-22-8-6-5-7-9-22)31(35)34-33-19-23-16-26(32)30(29(17-23)38-3)41-42(36,37)25-13-10-21(2)11-14-25/h5-19H,4,20H2,1-3H3,(H,34,35)/b33-19+. The molecule has 0 aliphatic carbocycles. The van der Waals surface area contributed by atoms with Crippen molar-refractivity contribution in [3.05, 3.63) is 112 Å². The molecule has 218 valence electrons. The van der Waals surface area contributed by atoms with Crippen LogP contribution in [0.4, 0.5) is 0 Å². The van der Waals surface area contributed by atoms with Crippen molar-refractivity contribution in [1.82, 2.24) is 5.43 Å². The molecule has 1 N–H and O–H groups in total. The molecule has 0 saturated carbocycles. The van der Waals surface area contributed by atoms with Gasteiger partial charge in [-0.05, 0) is 83.4 Å². The molecule has 0 aliphatic heterocycles. The lowest BCUT2D eigenvalue weighted by atomic mass is 10.2. The molecule has 4 aromatic rings. The summed E-state index contributed by atoms with van der Waals surface area (Å²) in [5, 5.41) is 4.04. The van der Waals surface area contributed by atoms with E-state index in [0.29, 0.717) is 40.3 Å². The van der Waals surface area contributed by atoms with Crippen molar-refractivity contribution in [2.45, 2.75) is 25.3 Å². The molecule has 11 heteroatoms. The maximum Gasteiger partial charge on any atom is 0.339 e. The highest BCUT2D eigenvalue weighted by Gasteiger charge is 2.22. The fourth-order valence-corrected chi connectivity index (χ4v) is 5.36. The molecule has 9 nitrogen and oxygen atoms in total. The largest absolute Gasteiger partial charge is 0.493 e. The van der Waals surface area contributed by atoms with Crippen LogP contribution in [0.2, 0.25) is 0 Å². The number of benzene rings is 4. The molecular formula is C31H29BrN2O7S. The lowest BCUT2D eigenvalue weighted by Crippen LogP contribution is -2.17. The second-order valence-electron chi connectivity index (χ2n) is 8.95. The van der Waals surface area contributed by atoms with Crippen LogP contribution in [0.1, 0.15) is 34.0 Å². The zero-order valence-corrected chi connectivity index (χ0v) is 25.6. The van der Waals surface area contributed by atoms with Crippen LogP contribution in [0.25, 0.3) is 0 Å². The molecule has 0 saturated heterocycles. The van der Waals surface area contributed by atoms with E-state index in [9.17, 15) is 13.2 Å². The van der Waals surface area contributed by atoms with E-state index in [1.54, 1.807) is 36.4 Å². The summed E-state index contributed by atoms with van der Waals surface area (Å²) in [7, 11) is -2.72. The van der Waals surface area contributed by atoms with Gasteiger partial charge in [-0.1, -0.05) is 48.0 Å². The Hall–Kier alpha value is -4.35. The first kappa shape index (κ1) is 30.6. The summed E-state index contributed by atoms with van der Waals surface area (Å²) in [4.78, 5) is 12.8. The SMILES string of the molecule is CCOc1cc(C(=O)N/N=C/c2cc(Br)c(OS(=O)(=O)c3ccc(C)cc3)c(OC)c2)ccc1OCc1ccccc1. The third-order valence-corrected chi connectivity index (χ3v) is 7.70. The van der Waals surface area contributed by atoms with Gasteiger partial charge in [0.15, 0.2) is 23.0 Å². The first-order chi connectivity index (χ1) is 20.2. The summed E-state index contributed by atoms with van der Waals surface area (Å²) in [6, 6.07) is 24.0. The molecule has 1 amide bonds. The summed E-state index contributed by atoms with van der Waals surface area (Å²) < 4.78 is 48.3. The minimum absolute atomic E-state index is 0.0127. The maximum absolute atomic E-state index is 12.8. The number of hydrazone groups is 1. The Labute approximate surface area is 253 Å². The highest BCUT2D eigenvalue weighted by atomic mass is 79.9. The van der Waals surface area contributed by atoms with Crippen LogP contribution in [-0.2, 0) is 16.7 Å². The quantitative estimate of drug-likeness (QED) is 0.109. The minimum Gasteiger partial charge on any atom is -0.493 e. The first-order valence-corrected chi connectivity index (χ1v) is 15.1. The second-order valence-corrected chi connectivity index (χ2v) is 11.4. The average molecular weight is 654 g/mol. The van der Waals surface area contributed by atoms with E-state index in [1.807, 2.05) is 44.2 Å². The topological polar surface area (TPSA) is 113 Å². The Morgan fingerprint density at radius 2 is 1.67 bits per heavy atom. The number of halogens is 1. The number of nitrogens with zero attached hydrogens (tertiary/aromatic N) is 1. The molecular weight excluding hydrogens is 624 g/mol. The van der Waals surface area contributed by atoms with Crippen molar-refractivity contribution in [1.29, 1.82) is 0 Å². The van der Waals surface area contributed by atoms with E-state index in [4.69, 9.17) is 18.4 Å². The van der Waals surface area contributed by atoms with Crippen LogP contribution >= 0.6 is 15.9 Å². The van der Waals surface area contributed by atoms with Gasteiger partial charge in [-0.3, -0.25) is 4.79 Å². The normalized spacial score (nSPS) is 11.2. The molecule has 0 bridgehead atoms. The number of hydrogen-bond donors (Lipinski definition) is 1. The fourth-order valence-electron chi connectivity index (χ4n) is 3.76. The van der Waals surface area contributed by atoms with Gasteiger partial charge in [0.1, 0.15) is 11.5 Å². The number of aryl methyl sites for hydroxylation is 1. The van der Waals surface area contributed by atoms with Crippen molar-refractivity contribution >= 4 is 38.2 Å². The highest BCUT2D eigenvalue weighted by Crippen LogP contribution is 2.38. The molecule has 0 atom stereocenters. The van der Waals surface area contributed by atoms with Crippen molar-refractivity contribution in [2.75, 3.05) is 13.7 Å². The Morgan fingerprint density at radius 3 is 2.36 bits per heavy atom. The van der Waals surface area contributed by atoms with Crippen molar-refractivity contribution in [3.8, 4) is 23.0 Å². The van der Waals surface area contributed by atoms with E-state index in [2.05, 4.69) is 26.5 Å². The maximum atomic E-state index is 12.8. The molecule has 4 rings (SSSR count). The summed E-state index contributed by atoms with van der Waals surface area (Å²) in [5.41, 5.74) is 5.24. The predicted octanol–water partition coefficient (Wildman–Crippen LogP) is 6.28. The van der Waals surface area contributed by atoms with Crippen LogP contribution in [-0.4, -0.2) is 34.3 Å². The van der Waals surface area contributed by atoms with E-state index in [1.165, 1.54) is 31.5 Å². The number of rotatable bonds is 12. The zero-order chi connectivity index (χ0) is 30.1. The van der Waals surface area contributed by atoms with Gasteiger partial charge in [-0.2, -0.15) is 13.5 Å². The second kappa shape index (κ2) is 14.0. The molecule has 0 aliphatic rings. The van der Waals surface area contributed by atoms with Gasteiger partial charge in [-0.25, -0.2) is 5.43 Å². The summed E-state index contributed by atoms with van der Waals surface area (Å²) in [6.07, 6.45) is 1.39. The highest BCUT2D eigenvalue weighted by molar-refractivity contribution is 9.10. The Bertz CT molecular complexity index is 1680. The molecule has 0 aromatic heterocycles. The fraction of sp³-hybridized carbons (Fsp3) is 0.161. The number of hydrogen-bond acceptors (Lipinski definition) is 8. The van der Waals surface area contributed by atoms with Gasteiger partial charge < -0.3 is 18.4 Å². The van der Waals surface area contributed by atoms with Crippen molar-refractivity contribution < 1.29 is 31.6 Å². The predicted molar refractivity (Wildman–Crippen MR) is 163 cm³/mol. The summed E-state index contributed by atoms with van der Waals surface area (Å²) >= 11 is 3.35. The summed E-state index contributed by atoms with van der Waals surface area (Å²) in [6.45, 7) is 4.46. The number of carbonyl (C=O) groups is 1. The van der Waals surface area contributed by atoms with E-state index in [0.717, 1.165) is 11.1 Å². The zero-order valence-electron chi connectivity index (χ0n) is 23.2. The third-order valence-electron chi connectivity index (χ3n) is 5.88. The van der Waals surface area contributed by atoms with Gasteiger partial charge in [0.25, 0.3) is 5.91 Å². The Balaban J connectivity index is 1.45. The van der Waals surface area contributed by atoms with E-state index in [-0.39, 0.29) is 16.4 Å². The average Bonchev–Trinajstić information content (AvgIpc) is 2.98. The minimum atomic E-state index is -4.11. The number of carbonyl (C=O) groups excluding carboxylic acids is 1. The van der Waals surface area contributed by atoms with Gasteiger partial charge in [0, 0.05) is 5.56 Å². The lowest BCUT2D eigenvalue weighted by molar-refractivity contribution is 0.0954. The molecule has 0 radical (unpaired) electrons. The van der Waals surface area contributed by atoms with E-state index < -0.39 is 16.0 Å². The van der Waals surface area contributed by atoms with Gasteiger partial charge in [0.2, 0.25) is 0 Å². The molecule has 0 heterocycles. The smallest absolute Gasteiger partial charge is 0.339 e. The summed E-state index contributed by atoms with van der Waals surface area (Å²) in [5.74, 6) is 0.633. The molecule has 0 spiro atoms. The van der Waals surface area contributed by atoms with Gasteiger partial charge in [-0.15, -0.1) is 0 Å². The Morgan fingerprint density at radius 1 is 0.929 bits per heavy atom. The van der Waals surface area contributed by atoms with Crippen LogP contribution in [0.15, 0.2) is 99.4 Å². The number of amides is 1. The molecule has 4 aromatic carbocycles. The van der Waals surface area contributed by atoms with E-state index >= 15 is 0 Å². The number of ether oxygens (including phenoxy) is 3. The van der Waals surface area contributed by atoms with Crippen LogP contribution in [0, 0.1) is 6.92 Å².